The van der Waals surface area contributed by atoms with Crippen LogP contribution in [0.2, 0.25) is 0 Å². The number of carbonyl (C=O) groups is 1. The molecular formula is C16H29N5O2. The molecule has 7 heteroatoms. The number of anilines is 1. The van der Waals surface area contributed by atoms with E-state index in [9.17, 15) is 4.79 Å². The fourth-order valence-corrected chi connectivity index (χ4v) is 2.99. The van der Waals surface area contributed by atoms with E-state index >= 15 is 0 Å². The summed E-state index contributed by atoms with van der Waals surface area (Å²) in [6.07, 6.45) is 0. The first-order valence-electron chi connectivity index (χ1n) is 8.36. The molecule has 0 aliphatic carbocycles. The van der Waals surface area contributed by atoms with Crippen molar-refractivity contribution in [3.05, 3.63) is 11.4 Å². The zero-order chi connectivity index (χ0) is 16.8. The standard InChI is InChI=1S/C16H29N5O2/c1-5-23-9-8-21-7-6-20(10-12(21)2)11-15(22)17-16-13(3)18-19-14(16)4/h12H,5-11H2,1-4H3,(H,17,22)(H,18,19)/t12-/m0/s1. The van der Waals surface area contributed by atoms with Crippen LogP contribution in [0.25, 0.3) is 0 Å². The first-order chi connectivity index (χ1) is 11.0. The number of aromatic amines is 1. The highest BCUT2D eigenvalue weighted by Crippen LogP contribution is 2.16. The molecule has 7 nitrogen and oxygen atoms in total. The van der Waals surface area contributed by atoms with Gasteiger partial charge in [-0.25, -0.2) is 0 Å². The molecule has 1 aromatic rings. The van der Waals surface area contributed by atoms with Crippen molar-refractivity contribution in [3.63, 3.8) is 0 Å². The average molecular weight is 323 g/mol. The smallest absolute Gasteiger partial charge is 0.238 e. The molecule has 1 atom stereocenters. The molecule has 0 unspecified atom stereocenters. The maximum atomic E-state index is 12.3. The topological polar surface area (TPSA) is 73.5 Å². The number of aromatic nitrogens is 2. The van der Waals surface area contributed by atoms with E-state index in [4.69, 9.17) is 4.74 Å². The third kappa shape index (κ3) is 5.02. The molecular weight excluding hydrogens is 294 g/mol. The van der Waals surface area contributed by atoms with Gasteiger partial charge in [-0.3, -0.25) is 19.7 Å². The molecule has 0 spiro atoms. The number of carbonyl (C=O) groups excluding carboxylic acids is 1. The highest BCUT2D eigenvalue weighted by atomic mass is 16.5. The van der Waals surface area contributed by atoms with Gasteiger partial charge in [-0.15, -0.1) is 0 Å². The van der Waals surface area contributed by atoms with E-state index in [-0.39, 0.29) is 5.91 Å². The highest BCUT2D eigenvalue weighted by Gasteiger charge is 2.24. The average Bonchev–Trinajstić information content (AvgIpc) is 2.81. The predicted octanol–water partition coefficient (Wildman–Crippen LogP) is 1.01. The lowest BCUT2D eigenvalue weighted by Crippen LogP contribution is -2.54. The van der Waals surface area contributed by atoms with E-state index in [0.717, 1.165) is 56.5 Å². The van der Waals surface area contributed by atoms with Crippen LogP contribution in [0, 0.1) is 13.8 Å². The number of ether oxygens (including phenoxy) is 1. The summed E-state index contributed by atoms with van der Waals surface area (Å²) in [5, 5.41) is 9.95. The maximum absolute atomic E-state index is 12.3. The van der Waals surface area contributed by atoms with Crippen molar-refractivity contribution in [3.8, 4) is 0 Å². The van der Waals surface area contributed by atoms with E-state index < -0.39 is 0 Å². The van der Waals surface area contributed by atoms with E-state index in [1.165, 1.54) is 0 Å². The number of nitrogens with zero attached hydrogens (tertiary/aromatic N) is 3. The normalized spacial score (nSPS) is 19.9. The van der Waals surface area contributed by atoms with Crippen LogP contribution in [-0.2, 0) is 9.53 Å². The number of H-pyrrole nitrogens is 1. The van der Waals surface area contributed by atoms with Gasteiger partial charge in [0.05, 0.1) is 30.2 Å². The number of aryl methyl sites for hydroxylation is 2. The molecule has 1 amide bonds. The van der Waals surface area contributed by atoms with E-state index in [0.29, 0.717) is 12.6 Å². The summed E-state index contributed by atoms with van der Waals surface area (Å²) in [4.78, 5) is 16.9. The Hall–Kier alpha value is -1.44. The van der Waals surface area contributed by atoms with E-state index in [1.807, 2.05) is 20.8 Å². The van der Waals surface area contributed by atoms with Crippen LogP contribution in [0.4, 0.5) is 5.69 Å². The summed E-state index contributed by atoms with van der Waals surface area (Å²) in [6, 6.07) is 0.439. The largest absolute Gasteiger partial charge is 0.380 e. The molecule has 0 saturated carbocycles. The van der Waals surface area contributed by atoms with Crippen molar-refractivity contribution in [1.82, 2.24) is 20.0 Å². The fraction of sp³-hybridized carbons (Fsp3) is 0.750. The number of amides is 1. The molecule has 130 valence electrons. The molecule has 1 aromatic heterocycles. The lowest BCUT2D eigenvalue weighted by atomic mass is 10.2. The van der Waals surface area contributed by atoms with Crippen molar-refractivity contribution in [2.45, 2.75) is 33.7 Å². The van der Waals surface area contributed by atoms with Crippen LogP contribution < -0.4 is 5.32 Å². The summed E-state index contributed by atoms with van der Waals surface area (Å²) >= 11 is 0. The minimum absolute atomic E-state index is 0.0209. The molecule has 0 radical (unpaired) electrons. The number of hydrogen-bond acceptors (Lipinski definition) is 5. The zero-order valence-corrected chi connectivity index (χ0v) is 14.7. The van der Waals surface area contributed by atoms with Crippen LogP contribution in [0.15, 0.2) is 0 Å². The minimum Gasteiger partial charge on any atom is -0.380 e. The Bertz CT molecular complexity index is 497. The van der Waals surface area contributed by atoms with Crippen molar-refractivity contribution in [2.24, 2.45) is 0 Å². The fourth-order valence-electron chi connectivity index (χ4n) is 2.99. The molecule has 0 aromatic carbocycles. The van der Waals surface area contributed by atoms with Crippen molar-refractivity contribution >= 4 is 11.6 Å². The van der Waals surface area contributed by atoms with Gasteiger partial charge in [0.25, 0.3) is 0 Å². The second-order valence-corrected chi connectivity index (χ2v) is 6.17. The molecule has 1 aliphatic heterocycles. The zero-order valence-electron chi connectivity index (χ0n) is 14.7. The Morgan fingerprint density at radius 3 is 2.83 bits per heavy atom. The monoisotopic (exact) mass is 323 g/mol. The Kier molecular flexibility index (Phi) is 6.56. The molecule has 1 fully saturated rings. The van der Waals surface area contributed by atoms with Gasteiger partial charge in [-0.05, 0) is 27.7 Å². The van der Waals surface area contributed by atoms with Crippen LogP contribution >= 0.6 is 0 Å². The summed E-state index contributed by atoms with van der Waals surface area (Å²) in [5.41, 5.74) is 2.52. The van der Waals surface area contributed by atoms with E-state index in [1.54, 1.807) is 0 Å². The summed E-state index contributed by atoms with van der Waals surface area (Å²) in [6.45, 7) is 13.7. The van der Waals surface area contributed by atoms with Gasteiger partial charge in [0.2, 0.25) is 5.91 Å². The van der Waals surface area contributed by atoms with Crippen LogP contribution in [-0.4, -0.2) is 77.9 Å². The van der Waals surface area contributed by atoms with Crippen molar-refractivity contribution in [1.29, 1.82) is 0 Å². The molecule has 23 heavy (non-hydrogen) atoms. The molecule has 0 bridgehead atoms. The van der Waals surface area contributed by atoms with Gasteiger partial charge in [-0.2, -0.15) is 5.10 Å². The first-order valence-corrected chi connectivity index (χ1v) is 8.36. The number of piperazine rings is 1. The third-order valence-electron chi connectivity index (χ3n) is 4.34. The highest BCUT2D eigenvalue weighted by molar-refractivity contribution is 5.93. The molecule has 1 saturated heterocycles. The molecule has 2 N–H and O–H groups in total. The summed E-state index contributed by atoms with van der Waals surface area (Å²) in [7, 11) is 0. The van der Waals surface area contributed by atoms with Crippen LogP contribution in [0.5, 0.6) is 0 Å². The third-order valence-corrected chi connectivity index (χ3v) is 4.34. The Balaban J connectivity index is 1.77. The minimum atomic E-state index is 0.0209. The van der Waals surface area contributed by atoms with E-state index in [2.05, 4.69) is 32.2 Å². The lowest BCUT2D eigenvalue weighted by molar-refractivity contribution is -0.118. The molecule has 2 heterocycles. The summed E-state index contributed by atoms with van der Waals surface area (Å²) < 4.78 is 5.43. The van der Waals surface area contributed by atoms with Crippen LogP contribution in [0.1, 0.15) is 25.2 Å². The molecule has 2 rings (SSSR count). The van der Waals surface area contributed by atoms with Crippen molar-refractivity contribution in [2.75, 3.05) is 51.3 Å². The second-order valence-electron chi connectivity index (χ2n) is 6.17. The summed E-state index contributed by atoms with van der Waals surface area (Å²) in [5.74, 6) is 0.0209. The van der Waals surface area contributed by atoms with Crippen LogP contribution in [0.3, 0.4) is 0 Å². The van der Waals surface area contributed by atoms with Crippen molar-refractivity contribution < 1.29 is 9.53 Å². The maximum Gasteiger partial charge on any atom is 0.238 e. The first kappa shape index (κ1) is 17.9. The van der Waals surface area contributed by atoms with Gasteiger partial charge in [-0.1, -0.05) is 0 Å². The van der Waals surface area contributed by atoms with Gasteiger partial charge in [0, 0.05) is 38.8 Å². The number of rotatable bonds is 7. The lowest BCUT2D eigenvalue weighted by Gasteiger charge is -2.39. The predicted molar refractivity (Wildman–Crippen MR) is 90.7 cm³/mol. The number of nitrogens with one attached hydrogen (secondary N) is 2. The Labute approximate surface area is 138 Å². The number of hydrogen-bond donors (Lipinski definition) is 2. The SMILES string of the molecule is CCOCCN1CCN(CC(=O)Nc2c(C)n[nH]c2C)C[C@@H]1C. The van der Waals surface area contributed by atoms with Gasteiger partial charge in [0.15, 0.2) is 0 Å². The second kappa shape index (κ2) is 8.42. The quantitative estimate of drug-likeness (QED) is 0.733. The molecule has 1 aliphatic rings. The van der Waals surface area contributed by atoms with Gasteiger partial charge in [0.1, 0.15) is 0 Å². The van der Waals surface area contributed by atoms with Gasteiger partial charge >= 0.3 is 0 Å². The Morgan fingerprint density at radius 2 is 2.22 bits per heavy atom. The van der Waals surface area contributed by atoms with Gasteiger partial charge < -0.3 is 10.1 Å². The Morgan fingerprint density at radius 1 is 1.43 bits per heavy atom.